The van der Waals surface area contributed by atoms with Crippen molar-refractivity contribution in [3.8, 4) is 0 Å². The zero-order valence-electron chi connectivity index (χ0n) is 12.1. The summed E-state index contributed by atoms with van der Waals surface area (Å²) in [6.07, 6.45) is 4.41. The third-order valence-electron chi connectivity index (χ3n) is 5.16. The number of carbonyl (C=O) groups excluding carboxylic acids is 1. The van der Waals surface area contributed by atoms with Crippen molar-refractivity contribution in [1.29, 1.82) is 0 Å². The van der Waals surface area contributed by atoms with Crippen molar-refractivity contribution in [2.75, 3.05) is 6.61 Å². The number of aliphatic hydroxyl groups is 1. The highest BCUT2D eigenvalue weighted by molar-refractivity contribution is 5.76. The molecule has 2 bridgehead atoms. The van der Waals surface area contributed by atoms with Gasteiger partial charge in [0.1, 0.15) is 5.82 Å². The van der Waals surface area contributed by atoms with Crippen LogP contribution in [-0.2, 0) is 11.2 Å². The van der Waals surface area contributed by atoms with Gasteiger partial charge in [-0.2, -0.15) is 0 Å². The van der Waals surface area contributed by atoms with E-state index >= 15 is 0 Å². The van der Waals surface area contributed by atoms with E-state index in [0.717, 1.165) is 18.4 Å². The Kier molecular flexibility index (Phi) is 4.24. The molecular weight excluding hydrogens is 269 g/mol. The number of carbonyl (C=O) groups is 1. The molecule has 0 radical (unpaired) electrons. The van der Waals surface area contributed by atoms with Crippen molar-refractivity contribution in [3.05, 3.63) is 35.6 Å². The maximum atomic E-state index is 13.1. The second-order valence-corrected chi connectivity index (χ2v) is 6.40. The fourth-order valence-electron chi connectivity index (χ4n) is 4.11. The van der Waals surface area contributed by atoms with Gasteiger partial charge < -0.3 is 10.4 Å². The second-order valence-electron chi connectivity index (χ2n) is 6.40. The van der Waals surface area contributed by atoms with Gasteiger partial charge in [0, 0.05) is 25.0 Å². The zero-order chi connectivity index (χ0) is 14.8. The Labute approximate surface area is 124 Å². The summed E-state index contributed by atoms with van der Waals surface area (Å²) in [7, 11) is 0. The van der Waals surface area contributed by atoms with E-state index in [0.29, 0.717) is 24.7 Å². The molecule has 1 aromatic carbocycles. The molecule has 3 rings (SSSR count). The smallest absolute Gasteiger partial charge is 0.220 e. The fraction of sp³-hybridized carbons (Fsp3) is 0.588. The van der Waals surface area contributed by atoms with Crippen LogP contribution in [0.2, 0.25) is 0 Å². The van der Waals surface area contributed by atoms with Crippen LogP contribution in [0.3, 0.4) is 0 Å². The summed E-state index contributed by atoms with van der Waals surface area (Å²) in [5.74, 6) is 1.08. The monoisotopic (exact) mass is 291 g/mol. The summed E-state index contributed by atoms with van der Waals surface area (Å²) in [5.41, 5.74) is 0.844. The van der Waals surface area contributed by atoms with E-state index in [2.05, 4.69) is 5.32 Å². The molecule has 0 saturated heterocycles. The SMILES string of the molecule is O=C(CCc1cccc(F)c1)NC1C2CCC(C2)C1CO. The minimum atomic E-state index is -0.263. The number of hydrogen-bond donors (Lipinski definition) is 2. The van der Waals surface area contributed by atoms with Crippen LogP contribution >= 0.6 is 0 Å². The van der Waals surface area contributed by atoms with Crippen molar-refractivity contribution in [2.24, 2.45) is 17.8 Å². The first-order valence-electron chi connectivity index (χ1n) is 7.82. The fourth-order valence-corrected chi connectivity index (χ4v) is 4.11. The van der Waals surface area contributed by atoms with Crippen molar-refractivity contribution in [3.63, 3.8) is 0 Å². The molecule has 4 heteroatoms. The van der Waals surface area contributed by atoms with Gasteiger partial charge in [0.05, 0.1) is 0 Å². The van der Waals surface area contributed by atoms with E-state index in [4.69, 9.17) is 0 Å². The normalized spacial score (nSPS) is 30.6. The van der Waals surface area contributed by atoms with E-state index in [9.17, 15) is 14.3 Å². The Morgan fingerprint density at radius 3 is 2.90 bits per heavy atom. The molecule has 0 heterocycles. The Morgan fingerprint density at radius 2 is 2.14 bits per heavy atom. The van der Waals surface area contributed by atoms with Gasteiger partial charge in [-0.15, -0.1) is 0 Å². The third kappa shape index (κ3) is 3.10. The first kappa shape index (κ1) is 14.5. The second kappa shape index (κ2) is 6.14. The van der Waals surface area contributed by atoms with Gasteiger partial charge in [-0.3, -0.25) is 4.79 Å². The predicted octanol–water partition coefficient (Wildman–Crippen LogP) is 2.28. The molecule has 1 amide bonds. The molecular formula is C17H22FNO2. The quantitative estimate of drug-likeness (QED) is 0.874. The van der Waals surface area contributed by atoms with Gasteiger partial charge in [-0.1, -0.05) is 12.1 Å². The molecule has 4 atom stereocenters. The highest BCUT2D eigenvalue weighted by Gasteiger charge is 2.47. The van der Waals surface area contributed by atoms with Crippen LogP contribution in [0.25, 0.3) is 0 Å². The summed E-state index contributed by atoms with van der Waals surface area (Å²) >= 11 is 0. The van der Waals surface area contributed by atoms with Crippen LogP contribution in [-0.4, -0.2) is 23.7 Å². The number of rotatable bonds is 5. The van der Waals surface area contributed by atoms with Gasteiger partial charge in [0.15, 0.2) is 0 Å². The van der Waals surface area contributed by atoms with Gasteiger partial charge in [0.2, 0.25) is 5.91 Å². The largest absolute Gasteiger partial charge is 0.396 e. The molecule has 3 nitrogen and oxygen atoms in total. The van der Waals surface area contributed by atoms with Crippen LogP contribution in [0.4, 0.5) is 4.39 Å². The summed E-state index contributed by atoms with van der Waals surface area (Å²) in [4.78, 5) is 12.1. The molecule has 2 N–H and O–H groups in total. The first-order valence-corrected chi connectivity index (χ1v) is 7.82. The predicted molar refractivity (Wildman–Crippen MR) is 78.1 cm³/mol. The van der Waals surface area contributed by atoms with Gasteiger partial charge >= 0.3 is 0 Å². The molecule has 1 aromatic rings. The third-order valence-corrected chi connectivity index (χ3v) is 5.16. The van der Waals surface area contributed by atoms with Crippen LogP contribution in [0.1, 0.15) is 31.2 Å². The number of hydrogen-bond acceptors (Lipinski definition) is 2. The van der Waals surface area contributed by atoms with E-state index in [1.54, 1.807) is 6.07 Å². The standard InChI is InChI=1S/C17H22FNO2/c18-14-3-1-2-11(8-14)4-7-16(21)19-17-13-6-5-12(9-13)15(17)10-20/h1-3,8,12-13,15,17,20H,4-7,9-10H2,(H,19,21). The van der Waals surface area contributed by atoms with Crippen LogP contribution in [0.5, 0.6) is 0 Å². The van der Waals surface area contributed by atoms with Crippen molar-refractivity contribution >= 4 is 5.91 Å². The minimum Gasteiger partial charge on any atom is -0.396 e. The Balaban J connectivity index is 1.52. The van der Waals surface area contributed by atoms with Gasteiger partial charge in [0.25, 0.3) is 0 Å². The van der Waals surface area contributed by atoms with Crippen LogP contribution in [0.15, 0.2) is 24.3 Å². The molecule has 114 valence electrons. The van der Waals surface area contributed by atoms with Crippen molar-refractivity contribution in [1.82, 2.24) is 5.32 Å². The van der Waals surface area contributed by atoms with E-state index in [1.165, 1.54) is 18.6 Å². The number of fused-ring (bicyclic) bond motifs is 2. The lowest BCUT2D eigenvalue weighted by molar-refractivity contribution is -0.122. The molecule has 2 aliphatic carbocycles. The Morgan fingerprint density at radius 1 is 1.33 bits per heavy atom. The summed E-state index contributed by atoms with van der Waals surface area (Å²) in [5, 5.41) is 12.6. The molecule has 0 aliphatic heterocycles. The molecule has 2 aliphatic rings. The number of halogens is 1. The minimum absolute atomic E-state index is 0.00950. The summed E-state index contributed by atoms with van der Waals surface area (Å²) in [6, 6.07) is 6.52. The molecule has 0 spiro atoms. The molecule has 2 saturated carbocycles. The maximum Gasteiger partial charge on any atom is 0.220 e. The topological polar surface area (TPSA) is 49.3 Å². The highest BCUT2D eigenvalue weighted by atomic mass is 19.1. The number of nitrogens with one attached hydrogen (secondary N) is 1. The summed E-state index contributed by atoms with van der Waals surface area (Å²) < 4.78 is 13.1. The van der Waals surface area contributed by atoms with E-state index in [1.807, 2.05) is 6.07 Å². The lowest BCUT2D eigenvalue weighted by atomic mass is 9.85. The number of aryl methyl sites for hydroxylation is 1. The Hall–Kier alpha value is -1.42. The molecule has 4 unspecified atom stereocenters. The highest BCUT2D eigenvalue weighted by Crippen LogP contribution is 2.48. The lowest BCUT2D eigenvalue weighted by Crippen LogP contribution is -2.45. The average molecular weight is 291 g/mol. The van der Waals surface area contributed by atoms with Crippen molar-refractivity contribution < 1.29 is 14.3 Å². The average Bonchev–Trinajstić information content (AvgIpc) is 3.06. The molecule has 2 fully saturated rings. The van der Waals surface area contributed by atoms with E-state index < -0.39 is 0 Å². The van der Waals surface area contributed by atoms with Crippen LogP contribution < -0.4 is 5.32 Å². The van der Waals surface area contributed by atoms with Gasteiger partial charge in [-0.05, 0) is 55.2 Å². The number of benzene rings is 1. The molecule has 0 aromatic heterocycles. The number of aliphatic hydroxyl groups excluding tert-OH is 1. The number of amides is 1. The lowest BCUT2D eigenvalue weighted by Gasteiger charge is -2.30. The molecule has 21 heavy (non-hydrogen) atoms. The zero-order valence-corrected chi connectivity index (χ0v) is 12.1. The Bertz CT molecular complexity index is 519. The maximum absolute atomic E-state index is 13.1. The van der Waals surface area contributed by atoms with Gasteiger partial charge in [-0.25, -0.2) is 4.39 Å². The van der Waals surface area contributed by atoms with Crippen LogP contribution in [0, 0.1) is 23.6 Å². The summed E-state index contributed by atoms with van der Waals surface area (Å²) in [6.45, 7) is 0.163. The first-order chi connectivity index (χ1) is 10.2. The van der Waals surface area contributed by atoms with E-state index in [-0.39, 0.29) is 30.3 Å². The van der Waals surface area contributed by atoms with Crippen molar-refractivity contribution in [2.45, 2.75) is 38.1 Å².